The monoisotopic (exact) mass is 465 g/mol. The van der Waals surface area contributed by atoms with Gasteiger partial charge in [0.1, 0.15) is 17.0 Å². The highest BCUT2D eigenvalue weighted by molar-refractivity contribution is 6.31. The Kier molecular flexibility index (Phi) is 15.2. The molecule has 7 heteroatoms. The maximum atomic E-state index is 11.2. The quantitative estimate of drug-likeness (QED) is 0.356. The predicted molar refractivity (Wildman–Crippen MR) is 134 cm³/mol. The first-order valence-electron chi connectivity index (χ1n) is 11.3. The second-order valence-electron chi connectivity index (χ2n) is 6.99. The van der Waals surface area contributed by atoms with E-state index < -0.39 is 0 Å². The van der Waals surface area contributed by atoms with E-state index in [1.807, 2.05) is 64.5 Å². The number of aryl methyl sites for hydroxylation is 2. The summed E-state index contributed by atoms with van der Waals surface area (Å²) >= 11 is 5.84. The second-order valence-corrected chi connectivity index (χ2v) is 7.43. The summed E-state index contributed by atoms with van der Waals surface area (Å²) in [6.07, 6.45) is 7.88. The largest absolute Gasteiger partial charge is 0.506 e. The maximum Gasteiger partial charge on any atom is 0.202 e. The Bertz CT molecular complexity index is 942. The Morgan fingerprint density at radius 1 is 1.31 bits per heavy atom. The lowest BCUT2D eigenvalue weighted by atomic mass is 10.0. The molecule has 6 nitrogen and oxygen atoms in total. The summed E-state index contributed by atoms with van der Waals surface area (Å²) in [6.45, 7) is 11.1. The molecule has 0 spiro atoms. The summed E-state index contributed by atoms with van der Waals surface area (Å²) in [7, 11) is 3.49. The van der Waals surface area contributed by atoms with Gasteiger partial charge in [-0.25, -0.2) is 0 Å². The molecule has 1 heterocycles. The first-order chi connectivity index (χ1) is 15.3. The number of hydrogen-bond acceptors (Lipinski definition) is 4. The van der Waals surface area contributed by atoms with Crippen LogP contribution in [0.1, 0.15) is 53.9 Å². The number of fused-ring (bicyclic) bond motifs is 1. The van der Waals surface area contributed by atoms with Crippen molar-refractivity contribution in [2.45, 2.75) is 60.4 Å². The third kappa shape index (κ3) is 9.05. The zero-order valence-corrected chi connectivity index (χ0v) is 21.4. The van der Waals surface area contributed by atoms with Crippen molar-refractivity contribution >= 4 is 28.4 Å². The number of nitrogens with one attached hydrogen (secondary N) is 1. The van der Waals surface area contributed by atoms with Crippen molar-refractivity contribution in [3.05, 3.63) is 47.1 Å². The molecule has 0 bridgehead atoms. The SMILES string of the molecule is CC.CC/C=C(Cl)\C=C/C(C)C(=O)CC.COCCCn1c(=N)n(C)c2cccc(O)c21. The molecule has 0 saturated heterocycles. The van der Waals surface area contributed by atoms with Crippen LogP contribution >= 0.6 is 11.6 Å². The van der Waals surface area contributed by atoms with Crippen LogP contribution in [-0.2, 0) is 23.1 Å². The number of Topliss-reactive ketones (excluding diaryl/α,β-unsaturated/α-hetero) is 1. The van der Waals surface area contributed by atoms with E-state index >= 15 is 0 Å². The molecular weight excluding hydrogens is 426 g/mol. The van der Waals surface area contributed by atoms with Gasteiger partial charge >= 0.3 is 0 Å². The molecule has 0 aliphatic rings. The fourth-order valence-electron chi connectivity index (χ4n) is 2.98. The van der Waals surface area contributed by atoms with Crippen molar-refractivity contribution in [1.82, 2.24) is 9.13 Å². The van der Waals surface area contributed by atoms with Crippen LogP contribution in [0.4, 0.5) is 0 Å². The van der Waals surface area contributed by atoms with E-state index in [2.05, 4.69) is 0 Å². The lowest BCUT2D eigenvalue weighted by Gasteiger charge is -2.04. The van der Waals surface area contributed by atoms with Gasteiger partial charge in [-0.2, -0.15) is 0 Å². The molecule has 2 N–H and O–H groups in total. The van der Waals surface area contributed by atoms with Crippen LogP contribution in [-0.4, -0.2) is 33.7 Å². The number of aromatic nitrogens is 2. The van der Waals surface area contributed by atoms with Gasteiger partial charge in [0.05, 0.1) is 5.52 Å². The van der Waals surface area contributed by atoms with Crippen molar-refractivity contribution in [3.63, 3.8) is 0 Å². The number of hydrogen-bond donors (Lipinski definition) is 2. The molecule has 0 saturated carbocycles. The first-order valence-corrected chi connectivity index (χ1v) is 11.6. The molecule has 2 aromatic rings. The molecule has 1 aromatic heterocycles. The highest BCUT2D eigenvalue weighted by atomic mass is 35.5. The minimum atomic E-state index is -0.0241. The number of ketones is 1. The van der Waals surface area contributed by atoms with Gasteiger partial charge in [-0.05, 0) is 31.1 Å². The number of para-hydroxylation sites is 1. The van der Waals surface area contributed by atoms with Crippen LogP contribution in [0.15, 0.2) is 41.5 Å². The molecule has 32 heavy (non-hydrogen) atoms. The number of phenolic OH excluding ortho intramolecular Hbond substituents is 1. The third-order valence-electron chi connectivity index (χ3n) is 4.73. The number of benzene rings is 1. The zero-order valence-electron chi connectivity index (χ0n) is 20.6. The van der Waals surface area contributed by atoms with Crippen LogP contribution < -0.4 is 5.62 Å². The minimum absolute atomic E-state index is 0.0241. The molecule has 1 atom stereocenters. The molecule has 0 amide bonds. The van der Waals surface area contributed by atoms with E-state index in [1.54, 1.807) is 29.9 Å². The molecule has 2 rings (SSSR count). The number of phenols is 1. The third-order valence-corrected chi connectivity index (χ3v) is 5.01. The number of carbonyl (C=O) groups excluding carboxylic acids is 1. The number of allylic oxidation sites excluding steroid dienone is 4. The summed E-state index contributed by atoms with van der Waals surface area (Å²) in [5, 5.41) is 18.6. The molecule has 180 valence electrons. The molecule has 1 aromatic carbocycles. The number of halogens is 1. The predicted octanol–water partition coefficient (Wildman–Crippen LogP) is 5.92. The number of methoxy groups -OCH3 is 1. The fraction of sp³-hybridized carbons (Fsp3) is 0.520. The van der Waals surface area contributed by atoms with Crippen LogP contribution in [0, 0.1) is 11.3 Å². The number of carbonyl (C=O) groups is 1. The highest BCUT2D eigenvalue weighted by Gasteiger charge is 2.11. The molecule has 0 radical (unpaired) electrons. The molecule has 1 unspecified atom stereocenters. The van der Waals surface area contributed by atoms with Gasteiger partial charge in [0.15, 0.2) is 0 Å². The lowest BCUT2D eigenvalue weighted by Crippen LogP contribution is -2.23. The molecular formula is C25H40ClN3O3. The number of aromatic hydroxyl groups is 1. The standard InChI is InChI=1S/C12H17N3O2.C11H17ClO.C2H6/c1-14-9-5-3-6-10(16)11(9)15(12(14)13)7-4-8-17-2;1-4-6-10(12)8-7-9(3)11(13)5-2;1-2/h3,5-6,13,16H,4,7-8H2,1-2H3;6-9H,4-5H2,1-3H3;1-2H3/b;8-7-,10-6+;. The minimum Gasteiger partial charge on any atom is -0.506 e. The van der Waals surface area contributed by atoms with Crippen LogP contribution in [0.5, 0.6) is 5.75 Å². The van der Waals surface area contributed by atoms with Crippen LogP contribution in [0.2, 0.25) is 0 Å². The summed E-state index contributed by atoms with van der Waals surface area (Å²) in [4.78, 5) is 11.2. The maximum absolute atomic E-state index is 11.2. The van der Waals surface area contributed by atoms with Crippen molar-refractivity contribution in [2.24, 2.45) is 13.0 Å². The Morgan fingerprint density at radius 3 is 2.53 bits per heavy atom. The van der Waals surface area contributed by atoms with E-state index in [9.17, 15) is 9.90 Å². The summed E-state index contributed by atoms with van der Waals surface area (Å²) in [5.74, 6) is 0.440. The summed E-state index contributed by atoms with van der Waals surface area (Å²) < 4.78 is 8.58. The van der Waals surface area contributed by atoms with Gasteiger partial charge in [-0.15, -0.1) is 0 Å². The summed E-state index contributed by atoms with van der Waals surface area (Å²) in [5.41, 5.74) is 1.97. The number of nitrogens with zero attached hydrogens (tertiary/aromatic N) is 2. The zero-order chi connectivity index (χ0) is 24.7. The average Bonchev–Trinajstić information content (AvgIpc) is 3.05. The smallest absolute Gasteiger partial charge is 0.202 e. The van der Waals surface area contributed by atoms with Crippen LogP contribution in [0.3, 0.4) is 0 Å². The van der Waals surface area contributed by atoms with Crippen molar-refractivity contribution in [3.8, 4) is 5.75 Å². The Hall–Kier alpha value is -2.31. The fourth-order valence-corrected chi connectivity index (χ4v) is 3.21. The highest BCUT2D eigenvalue weighted by Crippen LogP contribution is 2.23. The Labute approximate surface area is 197 Å². The number of imidazole rings is 1. The molecule has 0 fully saturated rings. The summed E-state index contributed by atoms with van der Waals surface area (Å²) in [6, 6.07) is 5.34. The topological polar surface area (TPSA) is 80.2 Å². The van der Waals surface area contributed by atoms with Crippen molar-refractivity contribution in [2.75, 3.05) is 13.7 Å². The Balaban J connectivity index is 0.000000578. The molecule has 0 aliphatic heterocycles. The van der Waals surface area contributed by atoms with Gasteiger partial charge in [0.25, 0.3) is 0 Å². The Morgan fingerprint density at radius 2 is 1.97 bits per heavy atom. The van der Waals surface area contributed by atoms with E-state index in [-0.39, 0.29) is 17.5 Å². The number of rotatable bonds is 9. The lowest BCUT2D eigenvalue weighted by molar-refractivity contribution is -0.120. The normalized spacial score (nSPS) is 12.2. The van der Waals surface area contributed by atoms with Crippen molar-refractivity contribution < 1.29 is 14.6 Å². The van der Waals surface area contributed by atoms with Crippen LogP contribution in [0.25, 0.3) is 11.0 Å². The average molecular weight is 466 g/mol. The van der Waals surface area contributed by atoms with Crippen molar-refractivity contribution in [1.29, 1.82) is 5.41 Å². The second kappa shape index (κ2) is 16.3. The van der Waals surface area contributed by atoms with Gasteiger partial charge in [-0.1, -0.05) is 64.4 Å². The molecule has 0 aliphatic carbocycles. The van der Waals surface area contributed by atoms with E-state index in [0.717, 1.165) is 23.9 Å². The number of ether oxygens (including phenoxy) is 1. The van der Waals surface area contributed by atoms with E-state index in [0.29, 0.717) is 30.2 Å². The van der Waals surface area contributed by atoms with E-state index in [4.69, 9.17) is 21.7 Å². The van der Waals surface area contributed by atoms with Gasteiger partial charge in [0.2, 0.25) is 5.62 Å². The van der Waals surface area contributed by atoms with E-state index in [1.165, 1.54) is 0 Å². The van der Waals surface area contributed by atoms with Gasteiger partial charge in [-0.3, -0.25) is 10.2 Å². The van der Waals surface area contributed by atoms with Gasteiger partial charge < -0.3 is 19.0 Å². The van der Waals surface area contributed by atoms with Gasteiger partial charge in [0, 0.05) is 44.7 Å². The first kappa shape index (κ1) is 29.7.